The maximum Gasteiger partial charge on any atom is 0.265 e. The van der Waals surface area contributed by atoms with Crippen molar-refractivity contribution in [3.8, 4) is 11.5 Å². The van der Waals surface area contributed by atoms with Gasteiger partial charge in [-0.25, -0.2) is 4.98 Å². The third-order valence-corrected chi connectivity index (χ3v) is 3.90. The van der Waals surface area contributed by atoms with Crippen LogP contribution >= 0.6 is 11.3 Å². The second-order valence-electron chi connectivity index (χ2n) is 4.92. The number of carbonyl (C=O) groups is 2. The van der Waals surface area contributed by atoms with E-state index in [1.54, 1.807) is 36.7 Å². The van der Waals surface area contributed by atoms with Gasteiger partial charge in [0.05, 0.1) is 0 Å². The van der Waals surface area contributed by atoms with Gasteiger partial charge in [0.15, 0.2) is 16.6 Å². The zero-order chi connectivity index (χ0) is 16.2. The van der Waals surface area contributed by atoms with Gasteiger partial charge in [0.25, 0.3) is 5.91 Å². The van der Waals surface area contributed by atoms with Crippen LogP contribution in [0, 0.1) is 0 Å². The van der Waals surface area contributed by atoms with E-state index in [9.17, 15) is 9.59 Å². The Kier molecular flexibility index (Phi) is 4.42. The predicted octanol–water partition coefficient (Wildman–Crippen LogP) is 1.43. The van der Waals surface area contributed by atoms with E-state index in [0.717, 1.165) is 0 Å². The molecule has 2 atom stereocenters. The Morgan fingerprint density at radius 3 is 2.87 bits per heavy atom. The molecular weight excluding hydrogens is 318 g/mol. The standard InChI is InChI=1S/C15H15N3O4S/c1-9(13(19)18-15-16-6-7-23-15)17-14(20)12-8-21-10-4-2-3-5-11(10)22-12/h2-7,9,12H,8H2,1H3,(H,17,20)(H,16,18,19). The molecule has 0 fully saturated rings. The van der Waals surface area contributed by atoms with Crippen molar-refractivity contribution in [2.45, 2.75) is 19.1 Å². The van der Waals surface area contributed by atoms with Gasteiger partial charge in [-0.05, 0) is 19.1 Å². The van der Waals surface area contributed by atoms with Gasteiger partial charge < -0.3 is 20.1 Å². The Hall–Kier alpha value is -2.61. The summed E-state index contributed by atoms with van der Waals surface area (Å²) in [7, 11) is 0. The summed E-state index contributed by atoms with van der Waals surface area (Å²) in [6.07, 6.45) is 0.800. The summed E-state index contributed by atoms with van der Waals surface area (Å²) in [5.74, 6) is 0.372. The lowest BCUT2D eigenvalue weighted by Gasteiger charge is -2.26. The van der Waals surface area contributed by atoms with Gasteiger partial charge >= 0.3 is 0 Å². The first-order valence-corrected chi connectivity index (χ1v) is 7.90. The SMILES string of the molecule is CC(NC(=O)C1COc2ccccc2O1)C(=O)Nc1nccs1. The summed E-state index contributed by atoms with van der Waals surface area (Å²) < 4.78 is 11.1. The first kappa shape index (κ1) is 15.3. The van der Waals surface area contributed by atoms with Crippen molar-refractivity contribution < 1.29 is 19.1 Å². The third kappa shape index (κ3) is 3.59. The molecule has 1 aliphatic heterocycles. The predicted molar refractivity (Wildman–Crippen MR) is 84.7 cm³/mol. The van der Waals surface area contributed by atoms with Crippen LogP contribution in [0.25, 0.3) is 0 Å². The number of hydrogen-bond acceptors (Lipinski definition) is 6. The molecule has 23 heavy (non-hydrogen) atoms. The molecular formula is C15H15N3O4S. The molecule has 2 amide bonds. The van der Waals surface area contributed by atoms with Crippen LogP contribution in [0.3, 0.4) is 0 Å². The number of amides is 2. The molecule has 2 aromatic rings. The van der Waals surface area contributed by atoms with E-state index in [2.05, 4.69) is 15.6 Å². The number of para-hydroxylation sites is 2. The van der Waals surface area contributed by atoms with Crippen LogP contribution in [0.1, 0.15) is 6.92 Å². The summed E-state index contributed by atoms with van der Waals surface area (Å²) in [5.41, 5.74) is 0. The van der Waals surface area contributed by atoms with Crippen molar-refractivity contribution in [2.24, 2.45) is 0 Å². The first-order chi connectivity index (χ1) is 11.1. The van der Waals surface area contributed by atoms with E-state index in [1.165, 1.54) is 11.3 Å². The number of benzene rings is 1. The molecule has 8 heteroatoms. The molecule has 2 N–H and O–H groups in total. The highest BCUT2D eigenvalue weighted by Crippen LogP contribution is 2.30. The number of thiazole rings is 1. The average Bonchev–Trinajstić information content (AvgIpc) is 3.07. The quantitative estimate of drug-likeness (QED) is 0.883. The maximum absolute atomic E-state index is 12.2. The number of hydrogen-bond donors (Lipinski definition) is 2. The van der Waals surface area contributed by atoms with E-state index in [-0.39, 0.29) is 12.5 Å². The molecule has 0 aliphatic carbocycles. The summed E-state index contributed by atoms with van der Waals surface area (Å²) in [5, 5.41) is 7.48. The number of rotatable bonds is 4. The monoisotopic (exact) mass is 333 g/mol. The smallest absolute Gasteiger partial charge is 0.265 e. The van der Waals surface area contributed by atoms with Gasteiger partial charge in [-0.1, -0.05) is 12.1 Å². The van der Waals surface area contributed by atoms with Crippen molar-refractivity contribution in [1.82, 2.24) is 10.3 Å². The molecule has 0 saturated heterocycles. The summed E-state index contributed by atoms with van der Waals surface area (Å²) in [4.78, 5) is 28.2. The van der Waals surface area contributed by atoms with E-state index >= 15 is 0 Å². The molecule has 2 unspecified atom stereocenters. The minimum absolute atomic E-state index is 0.101. The lowest BCUT2D eigenvalue weighted by molar-refractivity contribution is -0.133. The van der Waals surface area contributed by atoms with E-state index in [1.807, 2.05) is 6.07 Å². The minimum atomic E-state index is -0.792. The fourth-order valence-corrected chi connectivity index (χ4v) is 2.55. The minimum Gasteiger partial charge on any atom is -0.485 e. The molecule has 2 heterocycles. The Morgan fingerprint density at radius 1 is 1.35 bits per heavy atom. The van der Waals surface area contributed by atoms with E-state index < -0.39 is 18.1 Å². The Balaban J connectivity index is 1.56. The van der Waals surface area contributed by atoms with Crippen LogP contribution in [-0.2, 0) is 9.59 Å². The second kappa shape index (κ2) is 6.66. The van der Waals surface area contributed by atoms with Gasteiger partial charge in [0, 0.05) is 11.6 Å². The van der Waals surface area contributed by atoms with Crippen molar-refractivity contribution in [3.63, 3.8) is 0 Å². The molecule has 1 aromatic carbocycles. The van der Waals surface area contributed by atoms with Crippen molar-refractivity contribution in [2.75, 3.05) is 11.9 Å². The summed E-state index contributed by atoms with van der Waals surface area (Å²) in [6.45, 7) is 1.70. The molecule has 0 spiro atoms. The third-order valence-electron chi connectivity index (χ3n) is 3.22. The van der Waals surface area contributed by atoms with Gasteiger partial charge in [0.2, 0.25) is 12.0 Å². The van der Waals surface area contributed by atoms with Crippen LogP contribution in [0.2, 0.25) is 0 Å². The molecule has 1 aromatic heterocycles. The molecule has 3 rings (SSSR count). The van der Waals surface area contributed by atoms with E-state index in [0.29, 0.717) is 16.6 Å². The number of aromatic nitrogens is 1. The van der Waals surface area contributed by atoms with Crippen LogP contribution < -0.4 is 20.1 Å². The second-order valence-corrected chi connectivity index (χ2v) is 5.82. The molecule has 0 radical (unpaired) electrons. The van der Waals surface area contributed by atoms with Crippen molar-refractivity contribution in [3.05, 3.63) is 35.8 Å². The van der Waals surface area contributed by atoms with Gasteiger partial charge in [-0.15, -0.1) is 11.3 Å². The molecule has 120 valence electrons. The first-order valence-electron chi connectivity index (χ1n) is 7.02. The number of nitrogens with zero attached hydrogens (tertiary/aromatic N) is 1. The summed E-state index contributed by atoms with van der Waals surface area (Å²) in [6, 6.07) is 6.41. The topological polar surface area (TPSA) is 89.5 Å². The van der Waals surface area contributed by atoms with E-state index in [4.69, 9.17) is 9.47 Å². The van der Waals surface area contributed by atoms with Crippen LogP contribution in [-0.4, -0.2) is 35.6 Å². The highest BCUT2D eigenvalue weighted by Gasteiger charge is 2.29. The fraction of sp³-hybridized carbons (Fsp3) is 0.267. The van der Waals surface area contributed by atoms with Gasteiger partial charge in [-0.3, -0.25) is 9.59 Å². The largest absolute Gasteiger partial charge is 0.485 e. The number of fused-ring (bicyclic) bond motifs is 1. The van der Waals surface area contributed by atoms with Gasteiger partial charge in [-0.2, -0.15) is 0 Å². The lowest BCUT2D eigenvalue weighted by atomic mass is 10.2. The molecule has 0 saturated carbocycles. The number of carbonyl (C=O) groups excluding carboxylic acids is 2. The van der Waals surface area contributed by atoms with Crippen LogP contribution in [0.4, 0.5) is 5.13 Å². The fourth-order valence-electron chi connectivity index (χ4n) is 2.02. The molecule has 0 bridgehead atoms. The van der Waals surface area contributed by atoms with Crippen LogP contribution in [0.15, 0.2) is 35.8 Å². The van der Waals surface area contributed by atoms with Crippen molar-refractivity contribution >= 4 is 28.3 Å². The Labute approximate surface area is 136 Å². The molecule has 7 nitrogen and oxygen atoms in total. The van der Waals surface area contributed by atoms with Crippen LogP contribution in [0.5, 0.6) is 11.5 Å². The maximum atomic E-state index is 12.2. The highest BCUT2D eigenvalue weighted by molar-refractivity contribution is 7.13. The normalized spacial score (nSPS) is 17.2. The van der Waals surface area contributed by atoms with Crippen molar-refractivity contribution in [1.29, 1.82) is 0 Å². The number of nitrogens with one attached hydrogen (secondary N) is 2. The average molecular weight is 333 g/mol. The highest BCUT2D eigenvalue weighted by atomic mass is 32.1. The number of ether oxygens (including phenoxy) is 2. The lowest BCUT2D eigenvalue weighted by Crippen LogP contribution is -2.50. The van der Waals surface area contributed by atoms with Gasteiger partial charge in [0.1, 0.15) is 12.6 Å². The summed E-state index contributed by atoms with van der Waals surface area (Å²) >= 11 is 1.31. The zero-order valence-corrected chi connectivity index (χ0v) is 13.1. The molecule has 1 aliphatic rings. The zero-order valence-electron chi connectivity index (χ0n) is 12.3. The number of anilines is 1. The Morgan fingerprint density at radius 2 is 2.13 bits per heavy atom. The Bertz CT molecular complexity index is 705.